The summed E-state index contributed by atoms with van der Waals surface area (Å²) in [6, 6.07) is 19.1. The molecule has 3 aromatic rings. The number of rotatable bonds is 2. The van der Waals surface area contributed by atoms with Crippen LogP contribution < -0.4 is 0 Å². The Balaban J connectivity index is 2.23. The van der Waals surface area contributed by atoms with Crippen LogP contribution in [0.2, 0.25) is 0 Å². The molecule has 0 atom stereocenters. The predicted octanol–water partition coefficient (Wildman–Crippen LogP) is 4.77. The molecular weight excluding hydrogens is 230 g/mol. The summed E-state index contributed by atoms with van der Waals surface area (Å²) in [5.74, 6) is 0. The summed E-state index contributed by atoms with van der Waals surface area (Å²) >= 11 is 0. The molecule has 0 aliphatic carbocycles. The van der Waals surface area contributed by atoms with Crippen LogP contribution >= 0.6 is 0 Å². The quantitative estimate of drug-likeness (QED) is 0.635. The molecule has 0 fully saturated rings. The molecule has 0 saturated heterocycles. The molecule has 0 N–H and O–H groups in total. The number of benzene rings is 2. The maximum absolute atomic E-state index is 4.81. The Morgan fingerprint density at radius 2 is 1.74 bits per heavy atom. The van der Waals surface area contributed by atoms with E-state index in [-0.39, 0.29) is 0 Å². The van der Waals surface area contributed by atoms with Crippen molar-refractivity contribution in [1.82, 2.24) is 4.98 Å². The van der Waals surface area contributed by atoms with Gasteiger partial charge in [-0.05, 0) is 36.6 Å². The number of nitrogens with zero attached hydrogens (tertiary/aromatic N) is 1. The Kier molecular flexibility index (Phi) is 3.04. The molecule has 2 aromatic carbocycles. The topological polar surface area (TPSA) is 12.9 Å². The molecule has 0 unspecified atom stereocenters. The second-order valence-corrected chi connectivity index (χ2v) is 4.90. The molecule has 0 aliphatic rings. The van der Waals surface area contributed by atoms with Crippen LogP contribution in [-0.2, 0) is 6.42 Å². The van der Waals surface area contributed by atoms with Gasteiger partial charge in [0.15, 0.2) is 0 Å². The lowest BCUT2D eigenvalue weighted by atomic mass is 10.0. The summed E-state index contributed by atoms with van der Waals surface area (Å²) in [5.41, 5.74) is 5.95. The Morgan fingerprint density at radius 3 is 2.47 bits per heavy atom. The monoisotopic (exact) mass is 247 g/mol. The van der Waals surface area contributed by atoms with Gasteiger partial charge < -0.3 is 0 Å². The van der Waals surface area contributed by atoms with Gasteiger partial charge in [-0.2, -0.15) is 0 Å². The van der Waals surface area contributed by atoms with E-state index >= 15 is 0 Å². The third-order valence-electron chi connectivity index (χ3n) is 3.56. The summed E-state index contributed by atoms with van der Waals surface area (Å²) in [6.45, 7) is 4.33. The van der Waals surface area contributed by atoms with Crippen LogP contribution in [0.1, 0.15) is 18.1 Å². The smallest absolute Gasteiger partial charge is 0.0714 e. The highest BCUT2D eigenvalue weighted by atomic mass is 14.7. The fraction of sp³-hybridized carbons (Fsp3) is 0.167. The molecule has 1 heterocycles. The van der Waals surface area contributed by atoms with Crippen LogP contribution in [-0.4, -0.2) is 4.98 Å². The molecule has 0 amide bonds. The maximum Gasteiger partial charge on any atom is 0.0714 e. The van der Waals surface area contributed by atoms with Gasteiger partial charge in [0, 0.05) is 10.9 Å². The first-order valence-corrected chi connectivity index (χ1v) is 6.73. The summed E-state index contributed by atoms with van der Waals surface area (Å²) in [6.07, 6.45) is 1.05. The van der Waals surface area contributed by atoms with E-state index < -0.39 is 0 Å². The minimum atomic E-state index is 1.05. The molecular formula is C18H17N. The molecule has 0 saturated carbocycles. The van der Waals surface area contributed by atoms with Crippen LogP contribution in [0.5, 0.6) is 0 Å². The second kappa shape index (κ2) is 4.85. The highest BCUT2D eigenvalue weighted by molar-refractivity contribution is 5.85. The Bertz CT molecular complexity index is 714. The van der Waals surface area contributed by atoms with Crippen LogP contribution in [0.15, 0.2) is 54.6 Å². The zero-order valence-electron chi connectivity index (χ0n) is 11.4. The summed E-state index contributed by atoms with van der Waals surface area (Å²) < 4.78 is 0. The SMILES string of the molecule is CCc1ccc2c(C)cc(-c3ccccc3)nc2c1. The van der Waals surface area contributed by atoms with Gasteiger partial charge >= 0.3 is 0 Å². The summed E-state index contributed by atoms with van der Waals surface area (Å²) in [5, 5.41) is 1.25. The van der Waals surface area contributed by atoms with E-state index in [1.165, 1.54) is 22.1 Å². The molecule has 0 spiro atoms. The molecule has 1 nitrogen and oxygen atoms in total. The lowest BCUT2D eigenvalue weighted by Gasteiger charge is -2.08. The third-order valence-corrected chi connectivity index (χ3v) is 3.56. The zero-order chi connectivity index (χ0) is 13.2. The number of aryl methyl sites for hydroxylation is 2. The van der Waals surface area contributed by atoms with E-state index in [1.807, 2.05) is 6.07 Å². The zero-order valence-corrected chi connectivity index (χ0v) is 11.4. The molecule has 0 radical (unpaired) electrons. The average molecular weight is 247 g/mol. The largest absolute Gasteiger partial charge is 0.248 e. The van der Waals surface area contributed by atoms with E-state index in [0.29, 0.717) is 0 Å². The third kappa shape index (κ3) is 2.24. The average Bonchev–Trinajstić information content (AvgIpc) is 2.47. The van der Waals surface area contributed by atoms with Gasteiger partial charge in [0.25, 0.3) is 0 Å². The molecule has 3 rings (SSSR count). The Hall–Kier alpha value is -2.15. The Labute approximate surface area is 113 Å². The van der Waals surface area contributed by atoms with E-state index in [2.05, 4.69) is 62.4 Å². The van der Waals surface area contributed by atoms with Crippen LogP contribution in [0.4, 0.5) is 0 Å². The van der Waals surface area contributed by atoms with Crippen molar-refractivity contribution in [3.8, 4) is 11.3 Å². The highest BCUT2D eigenvalue weighted by Crippen LogP contribution is 2.25. The van der Waals surface area contributed by atoms with E-state index in [0.717, 1.165) is 17.6 Å². The van der Waals surface area contributed by atoms with Crippen molar-refractivity contribution >= 4 is 10.9 Å². The number of aromatic nitrogens is 1. The summed E-state index contributed by atoms with van der Waals surface area (Å²) in [4.78, 5) is 4.81. The van der Waals surface area contributed by atoms with E-state index in [4.69, 9.17) is 4.98 Å². The van der Waals surface area contributed by atoms with Gasteiger partial charge in [-0.3, -0.25) is 0 Å². The minimum Gasteiger partial charge on any atom is -0.248 e. The number of pyridine rings is 1. The van der Waals surface area contributed by atoms with Crippen molar-refractivity contribution in [2.24, 2.45) is 0 Å². The van der Waals surface area contributed by atoms with E-state index in [1.54, 1.807) is 0 Å². The fourth-order valence-electron chi connectivity index (χ4n) is 2.42. The fourth-order valence-corrected chi connectivity index (χ4v) is 2.42. The first kappa shape index (κ1) is 11.9. The Morgan fingerprint density at radius 1 is 0.947 bits per heavy atom. The van der Waals surface area contributed by atoms with Crippen LogP contribution in [0, 0.1) is 6.92 Å². The summed E-state index contributed by atoms with van der Waals surface area (Å²) in [7, 11) is 0. The van der Waals surface area contributed by atoms with Gasteiger partial charge in [-0.1, -0.05) is 49.4 Å². The van der Waals surface area contributed by atoms with Gasteiger partial charge in [0.2, 0.25) is 0 Å². The minimum absolute atomic E-state index is 1.05. The van der Waals surface area contributed by atoms with Crippen molar-refractivity contribution in [3.05, 3.63) is 65.7 Å². The normalized spacial score (nSPS) is 10.8. The first-order chi connectivity index (χ1) is 9.28. The molecule has 1 aromatic heterocycles. The number of hydrogen-bond acceptors (Lipinski definition) is 1. The van der Waals surface area contributed by atoms with E-state index in [9.17, 15) is 0 Å². The standard InChI is InChI=1S/C18H17N/c1-3-14-9-10-16-13(2)11-17(19-18(16)12-14)15-7-5-4-6-8-15/h4-12H,3H2,1-2H3. The van der Waals surface area contributed by atoms with Gasteiger partial charge in [0.1, 0.15) is 0 Å². The number of fused-ring (bicyclic) bond motifs is 1. The molecule has 0 aliphatic heterocycles. The first-order valence-electron chi connectivity index (χ1n) is 6.73. The molecule has 19 heavy (non-hydrogen) atoms. The molecule has 94 valence electrons. The maximum atomic E-state index is 4.81. The lowest BCUT2D eigenvalue weighted by Crippen LogP contribution is -1.90. The number of hydrogen-bond donors (Lipinski definition) is 0. The van der Waals surface area contributed by atoms with Gasteiger partial charge in [0.05, 0.1) is 11.2 Å². The van der Waals surface area contributed by atoms with Crippen molar-refractivity contribution in [3.63, 3.8) is 0 Å². The predicted molar refractivity (Wildman–Crippen MR) is 81.3 cm³/mol. The van der Waals surface area contributed by atoms with Crippen LogP contribution in [0.25, 0.3) is 22.2 Å². The van der Waals surface area contributed by atoms with Crippen molar-refractivity contribution < 1.29 is 0 Å². The van der Waals surface area contributed by atoms with Crippen molar-refractivity contribution in [1.29, 1.82) is 0 Å². The van der Waals surface area contributed by atoms with Crippen molar-refractivity contribution in [2.45, 2.75) is 20.3 Å². The molecule has 1 heteroatoms. The van der Waals surface area contributed by atoms with Crippen LogP contribution in [0.3, 0.4) is 0 Å². The van der Waals surface area contributed by atoms with Gasteiger partial charge in [-0.25, -0.2) is 4.98 Å². The lowest BCUT2D eigenvalue weighted by molar-refractivity contribution is 1.14. The highest BCUT2D eigenvalue weighted by Gasteiger charge is 2.05. The second-order valence-electron chi connectivity index (χ2n) is 4.90. The van der Waals surface area contributed by atoms with Crippen molar-refractivity contribution in [2.75, 3.05) is 0 Å². The van der Waals surface area contributed by atoms with Gasteiger partial charge in [-0.15, -0.1) is 0 Å². The molecule has 0 bridgehead atoms.